The van der Waals surface area contributed by atoms with Crippen molar-refractivity contribution in [2.75, 3.05) is 11.4 Å². The summed E-state index contributed by atoms with van der Waals surface area (Å²) in [5.41, 5.74) is 1.92. The van der Waals surface area contributed by atoms with E-state index in [1.165, 1.54) is 17.5 Å². The van der Waals surface area contributed by atoms with E-state index in [2.05, 4.69) is 9.97 Å². The van der Waals surface area contributed by atoms with Gasteiger partial charge in [0.1, 0.15) is 4.88 Å². The van der Waals surface area contributed by atoms with Crippen molar-refractivity contribution in [1.82, 2.24) is 9.97 Å². The largest absolute Gasteiger partial charge is 0.477 e. The van der Waals surface area contributed by atoms with Crippen LogP contribution in [0.25, 0.3) is 0 Å². The van der Waals surface area contributed by atoms with Gasteiger partial charge in [-0.2, -0.15) is 0 Å². The summed E-state index contributed by atoms with van der Waals surface area (Å²) >= 11 is 1.18. The third-order valence-corrected chi connectivity index (χ3v) is 3.70. The molecule has 1 N–H and O–H groups in total. The highest BCUT2D eigenvalue weighted by Crippen LogP contribution is 2.23. The van der Waals surface area contributed by atoms with Crippen LogP contribution >= 0.6 is 11.3 Å². The molecule has 0 radical (unpaired) electrons. The van der Waals surface area contributed by atoms with Gasteiger partial charge >= 0.3 is 5.97 Å². The van der Waals surface area contributed by atoms with E-state index in [-0.39, 0.29) is 4.88 Å². The summed E-state index contributed by atoms with van der Waals surface area (Å²) in [6.45, 7) is 5.34. The molecule has 0 aliphatic carbocycles. The molecular weight excluding hydrogens is 262 g/mol. The van der Waals surface area contributed by atoms with E-state index in [1.807, 2.05) is 36.9 Å². The van der Waals surface area contributed by atoms with Crippen molar-refractivity contribution in [3.8, 4) is 0 Å². The summed E-state index contributed by atoms with van der Waals surface area (Å²) in [5, 5.41) is 9.63. The number of rotatable bonds is 5. The number of aromatic carboxylic acids is 1. The van der Waals surface area contributed by atoms with Crippen LogP contribution in [-0.2, 0) is 6.54 Å². The second-order valence-electron chi connectivity index (χ2n) is 4.10. The van der Waals surface area contributed by atoms with Crippen molar-refractivity contribution in [3.63, 3.8) is 0 Å². The molecule has 100 valence electrons. The average Bonchev–Trinajstić information content (AvgIpc) is 2.85. The topological polar surface area (TPSA) is 66.3 Å². The van der Waals surface area contributed by atoms with Crippen LogP contribution in [0.15, 0.2) is 24.4 Å². The Bertz CT molecular complexity index is 583. The van der Waals surface area contributed by atoms with E-state index in [1.54, 1.807) is 0 Å². The summed E-state index contributed by atoms with van der Waals surface area (Å²) in [4.78, 5) is 21.7. The molecule has 2 rings (SSSR count). The number of aromatic nitrogens is 2. The molecule has 6 heteroatoms. The molecule has 0 aliphatic rings. The first-order chi connectivity index (χ1) is 9.10. The number of carboxylic acid groups (broad SMARTS) is 1. The van der Waals surface area contributed by atoms with Gasteiger partial charge in [0.15, 0.2) is 5.13 Å². The fourth-order valence-corrected chi connectivity index (χ4v) is 2.53. The first kappa shape index (κ1) is 13.5. The number of carbonyl (C=O) groups is 1. The second-order valence-corrected chi connectivity index (χ2v) is 5.11. The molecule has 5 nitrogen and oxygen atoms in total. The molecule has 0 aromatic carbocycles. The number of aryl methyl sites for hydroxylation is 1. The van der Waals surface area contributed by atoms with Crippen molar-refractivity contribution in [1.29, 1.82) is 0 Å². The Kier molecular flexibility index (Phi) is 4.11. The molecular formula is C13H15N3O2S. The lowest BCUT2D eigenvalue weighted by atomic mass is 10.3. The maximum absolute atomic E-state index is 10.9. The molecule has 0 bridgehead atoms. The zero-order valence-corrected chi connectivity index (χ0v) is 11.6. The average molecular weight is 277 g/mol. The van der Waals surface area contributed by atoms with Crippen LogP contribution in [-0.4, -0.2) is 27.6 Å². The molecule has 0 unspecified atom stereocenters. The minimum absolute atomic E-state index is 0.255. The first-order valence-electron chi connectivity index (χ1n) is 5.96. The lowest BCUT2D eigenvalue weighted by molar-refractivity contribution is 0.0702. The van der Waals surface area contributed by atoms with Gasteiger partial charge in [-0.25, -0.2) is 9.78 Å². The van der Waals surface area contributed by atoms with Crippen LogP contribution in [0.1, 0.15) is 28.0 Å². The lowest BCUT2D eigenvalue weighted by Gasteiger charge is -2.19. The predicted molar refractivity (Wildman–Crippen MR) is 74.8 cm³/mol. The Morgan fingerprint density at radius 2 is 2.26 bits per heavy atom. The Hall–Kier alpha value is -1.95. The summed E-state index contributed by atoms with van der Waals surface area (Å²) in [5.74, 6) is -0.937. The maximum atomic E-state index is 10.9. The highest BCUT2D eigenvalue weighted by atomic mass is 32.1. The fourth-order valence-electron chi connectivity index (χ4n) is 1.71. The lowest BCUT2D eigenvalue weighted by Crippen LogP contribution is -2.22. The van der Waals surface area contributed by atoms with Gasteiger partial charge in [-0.15, -0.1) is 0 Å². The highest BCUT2D eigenvalue weighted by Gasteiger charge is 2.14. The number of pyridine rings is 1. The first-order valence-corrected chi connectivity index (χ1v) is 6.78. The monoisotopic (exact) mass is 277 g/mol. The molecule has 2 aromatic heterocycles. The van der Waals surface area contributed by atoms with Crippen LogP contribution in [0.5, 0.6) is 0 Å². The standard InChI is InChI=1S/C13H15N3O2S/c1-3-16(8-10-6-4-5-9(2)15-10)13-14-7-11(19-13)12(17)18/h4-7H,3,8H2,1-2H3,(H,17,18). The Morgan fingerprint density at radius 1 is 1.47 bits per heavy atom. The van der Waals surface area contributed by atoms with Crippen LogP contribution in [0.3, 0.4) is 0 Å². The van der Waals surface area contributed by atoms with Gasteiger partial charge in [-0.1, -0.05) is 17.4 Å². The van der Waals surface area contributed by atoms with E-state index in [4.69, 9.17) is 5.11 Å². The van der Waals surface area contributed by atoms with Crippen LogP contribution in [0.2, 0.25) is 0 Å². The van der Waals surface area contributed by atoms with Crippen LogP contribution < -0.4 is 4.90 Å². The molecule has 0 amide bonds. The van der Waals surface area contributed by atoms with E-state index < -0.39 is 5.97 Å². The summed E-state index contributed by atoms with van der Waals surface area (Å²) in [6, 6.07) is 5.88. The third kappa shape index (κ3) is 3.29. The van der Waals surface area contributed by atoms with E-state index in [0.717, 1.165) is 17.9 Å². The van der Waals surface area contributed by atoms with Crippen molar-refractivity contribution >= 4 is 22.4 Å². The zero-order chi connectivity index (χ0) is 13.8. The summed E-state index contributed by atoms with van der Waals surface area (Å²) in [6.07, 6.45) is 1.40. The number of carboxylic acids is 1. The molecule has 0 aliphatic heterocycles. The quantitative estimate of drug-likeness (QED) is 0.909. The van der Waals surface area contributed by atoms with Crippen molar-refractivity contribution < 1.29 is 9.90 Å². The molecule has 2 aromatic rings. The van der Waals surface area contributed by atoms with E-state index in [9.17, 15) is 4.79 Å². The van der Waals surface area contributed by atoms with Gasteiger partial charge in [-0.3, -0.25) is 4.98 Å². The number of anilines is 1. The zero-order valence-electron chi connectivity index (χ0n) is 10.8. The Balaban J connectivity index is 2.17. The molecule has 0 atom stereocenters. The van der Waals surface area contributed by atoms with Crippen LogP contribution in [0.4, 0.5) is 5.13 Å². The summed E-state index contributed by atoms with van der Waals surface area (Å²) in [7, 11) is 0. The molecule has 0 spiro atoms. The maximum Gasteiger partial charge on any atom is 0.347 e. The Morgan fingerprint density at radius 3 is 2.84 bits per heavy atom. The Labute approximate surface area is 115 Å². The van der Waals surface area contributed by atoms with Gasteiger partial charge < -0.3 is 10.0 Å². The van der Waals surface area contributed by atoms with Crippen molar-refractivity contribution in [3.05, 3.63) is 40.7 Å². The minimum atomic E-state index is -0.937. The van der Waals surface area contributed by atoms with E-state index >= 15 is 0 Å². The molecule has 0 saturated carbocycles. The number of nitrogens with zero attached hydrogens (tertiary/aromatic N) is 3. The number of hydrogen-bond donors (Lipinski definition) is 1. The molecule has 19 heavy (non-hydrogen) atoms. The van der Waals surface area contributed by atoms with Gasteiger partial charge in [-0.05, 0) is 26.0 Å². The highest BCUT2D eigenvalue weighted by molar-refractivity contribution is 7.17. The smallest absolute Gasteiger partial charge is 0.347 e. The fraction of sp³-hybridized carbons (Fsp3) is 0.308. The third-order valence-electron chi connectivity index (χ3n) is 2.66. The van der Waals surface area contributed by atoms with Crippen molar-refractivity contribution in [2.45, 2.75) is 20.4 Å². The SMILES string of the molecule is CCN(Cc1cccc(C)n1)c1ncc(C(=O)O)s1. The van der Waals surface area contributed by atoms with E-state index in [0.29, 0.717) is 11.7 Å². The number of hydrogen-bond acceptors (Lipinski definition) is 5. The molecule has 0 saturated heterocycles. The van der Waals surface area contributed by atoms with Gasteiger partial charge in [0, 0.05) is 12.2 Å². The molecule has 2 heterocycles. The molecule has 0 fully saturated rings. The van der Waals surface area contributed by atoms with Gasteiger partial charge in [0.2, 0.25) is 0 Å². The van der Waals surface area contributed by atoms with Crippen molar-refractivity contribution in [2.24, 2.45) is 0 Å². The number of thiazole rings is 1. The predicted octanol–water partition coefficient (Wildman–Crippen LogP) is 2.57. The van der Waals surface area contributed by atoms with Crippen LogP contribution in [0, 0.1) is 6.92 Å². The van der Waals surface area contributed by atoms with Gasteiger partial charge in [0.05, 0.1) is 18.4 Å². The minimum Gasteiger partial charge on any atom is -0.477 e. The second kappa shape index (κ2) is 5.79. The normalized spacial score (nSPS) is 10.4. The van der Waals surface area contributed by atoms with Gasteiger partial charge in [0.25, 0.3) is 0 Å². The summed E-state index contributed by atoms with van der Waals surface area (Å²) < 4.78 is 0.